The van der Waals surface area contributed by atoms with Crippen molar-refractivity contribution in [3.8, 4) is 11.4 Å². The van der Waals surface area contributed by atoms with E-state index in [0.29, 0.717) is 11.5 Å². The maximum atomic E-state index is 13.8. The predicted octanol–water partition coefficient (Wildman–Crippen LogP) is 2.50. The Kier molecular flexibility index (Phi) is 4.09. The Labute approximate surface area is 131 Å². The SMILES string of the molecule is Cc1ccc(CC(=O)Nc2ccc(F)c(-c3ncn[nH]3)c2)cn1. The van der Waals surface area contributed by atoms with E-state index in [2.05, 4.69) is 25.5 Å². The molecule has 0 spiro atoms. The zero-order chi connectivity index (χ0) is 16.2. The van der Waals surface area contributed by atoms with Crippen molar-refractivity contribution >= 4 is 11.6 Å². The van der Waals surface area contributed by atoms with E-state index in [-0.39, 0.29) is 17.9 Å². The maximum Gasteiger partial charge on any atom is 0.228 e. The summed E-state index contributed by atoms with van der Waals surface area (Å²) in [5.41, 5.74) is 2.44. The van der Waals surface area contributed by atoms with Gasteiger partial charge in [-0.25, -0.2) is 9.37 Å². The summed E-state index contributed by atoms with van der Waals surface area (Å²) in [6.07, 6.45) is 3.16. The smallest absolute Gasteiger partial charge is 0.228 e. The first kappa shape index (κ1) is 14.8. The van der Waals surface area contributed by atoms with E-state index in [1.54, 1.807) is 6.20 Å². The first-order valence-electron chi connectivity index (χ1n) is 6.98. The summed E-state index contributed by atoms with van der Waals surface area (Å²) in [5.74, 6) is -0.338. The molecule has 3 aromatic rings. The number of aromatic nitrogens is 4. The van der Waals surface area contributed by atoms with Crippen LogP contribution in [0.2, 0.25) is 0 Å². The Balaban J connectivity index is 1.74. The number of H-pyrrole nitrogens is 1. The average Bonchev–Trinajstić information content (AvgIpc) is 3.06. The van der Waals surface area contributed by atoms with E-state index >= 15 is 0 Å². The minimum atomic E-state index is -0.442. The Morgan fingerprint density at radius 1 is 1.26 bits per heavy atom. The predicted molar refractivity (Wildman–Crippen MR) is 83.1 cm³/mol. The number of amides is 1. The molecule has 2 aromatic heterocycles. The van der Waals surface area contributed by atoms with Gasteiger partial charge >= 0.3 is 0 Å². The molecule has 0 fully saturated rings. The normalized spacial score (nSPS) is 10.5. The van der Waals surface area contributed by atoms with E-state index in [4.69, 9.17) is 0 Å². The number of benzene rings is 1. The van der Waals surface area contributed by atoms with Gasteiger partial charge in [0.15, 0.2) is 5.82 Å². The molecule has 1 aromatic carbocycles. The van der Waals surface area contributed by atoms with E-state index in [9.17, 15) is 9.18 Å². The van der Waals surface area contributed by atoms with Crippen molar-refractivity contribution in [1.82, 2.24) is 20.2 Å². The molecule has 2 heterocycles. The molecule has 0 bridgehead atoms. The fourth-order valence-corrected chi connectivity index (χ4v) is 2.11. The van der Waals surface area contributed by atoms with Crippen LogP contribution in [0.5, 0.6) is 0 Å². The second-order valence-electron chi connectivity index (χ2n) is 5.06. The van der Waals surface area contributed by atoms with Crippen molar-refractivity contribution in [2.24, 2.45) is 0 Å². The lowest BCUT2D eigenvalue weighted by Crippen LogP contribution is -2.14. The first-order chi connectivity index (χ1) is 11.1. The largest absolute Gasteiger partial charge is 0.326 e. The third kappa shape index (κ3) is 3.57. The Morgan fingerprint density at radius 3 is 2.83 bits per heavy atom. The number of carbonyl (C=O) groups is 1. The lowest BCUT2D eigenvalue weighted by atomic mass is 10.1. The van der Waals surface area contributed by atoms with E-state index in [1.165, 1.54) is 24.5 Å². The molecule has 0 unspecified atom stereocenters. The number of pyridine rings is 1. The highest BCUT2D eigenvalue weighted by Gasteiger charge is 2.11. The van der Waals surface area contributed by atoms with Gasteiger partial charge in [-0.3, -0.25) is 14.9 Å². The third-order valence-electron chi connectivity index (χ3n) is 3.26. The number of halogens is 1. The van der Waals surface area contributed by atoms with Gasteiger partial charge in [0.1, 0.15) is 12.1 Å². The number of aryl methyl sites for hydroxylation is 1. The molecule has 7 heteroatoms. The molecule has 0 aliphatic heterocycles. The number of carbonyl (C=O) groups excluding carboxylic acids is 1. The van der Waals surface area contributed by atoms with Gasteiger partial charge in [0.2, 0.25) is 5.91 Å². The number of nitrogens with one attached hydrogen (secondary N) is 2. The summed E-state index contributed by atoms with van der Waals surface area (Å²) in [7, 11) is 0. The summed E-state index contributed by atoms with van der Waals surface area (Å²) >= 11 is 0. The van der Waals surface area contributed by atoms with E-state index in [0.717, 1.165) is 11.3 Å². The Morgan fingerprint density at radius 2 is 2.13 bits per heavy atom. The molecule has 116 valence electrons. The standard InChI is InChI=1S/C16H14FN5O/c1-10-2-3-11(8-18-10)6-15(23)21-12-4-5-14(17)13(7-12)16-19-9-20-22-16/h2-5,7-9H,6H2,1H3,(H,21,23)(H,19,20,22). The van der Waals surface area contributed by atoms with Crippen LogP contribution in [0.25, 0.3) is 11.4 Å². The van der Waals surface area contributed by atoms with Gasteiger partial charge < -0.3 is 5.32 Å². The summed E-state index contributed by atoms with van der Waals surface area (Å²) < 4.78 is 13.8. The first-order valence-corrected chi connectivity index (χ1v) is 6.98. The van der Waals surface area contributed by atoms with Gasteiger partial charge in [-0.2, -0.15) is 5.10 Å². The summed E-state index contributed by atoms with van der Waals surface area (Å²) in [4.78, 5) is 20.1. The molecule has 0 saturated carbocycles. The van der Waals surface area contributed by atoms with Crippen LogP contribution in [0.15, 0.2) is 42.9 Å². The van der Waals surface area contributed by atoms with Crippen LogP contribution in [0.3, 0.4) is 0 Å². The molecule has 0 saturated heterocycles. The number of hydrogen-bond donors (Lipinski definition) is 2. The van der Waals surface area contributed by atoms with Gasteiger partial charge in [0.25, 0.3) is 0 Å². The zero-order valence-corrected chi connectivity index (χ0v) is 12.4. The van der Waals surface area contributed by atoms with Crippen molar-refractivity contribution in [1.29, 1.82) is 0 Å². The fraction of sp³-hybridized carbons (Fsp3) is 0.125. The maximum absolute atomic E-state index is 13.8. The molecular weight excluding hydrogens is 297 g/mol. The van der Waals surface area contributed by atoms with Crippen LogP contribution < -0.4 is 5.32 Å². The third-order valence-corrected chi connectivity index (χ3v) is 3.26. The molecule has 0 atom stereocenters. The highest BCUT2D eigenvalue weighted by molar-refractivity contribution is 5.92. The van der Waals surface area contributed by atoms with Crippen molar-refractivity contribution in [2.45, 2.75) is 13.3 Å². The second kappa shape index (κ2) is 6.35. The van der Waals surface area contributed by atoms with Crippen molar-refractivity contribution in [2.75, 3.05) is 5.32 Å². The van der Waals surface area contributed by atoms with Gasteiger partial charge in [0.05, 0.1) is 12.0 Å². The number of aromatic amines is 1. The minimum absolute atomic E-state index is 0.197. The topological polar surface area (TPSA) is 83.6 Å². The van der Waals surface area contributed by atoms with Crippen molar-refractivity contribution in [3.05, 3.63) is 59.9 Å². The summed E-state index contributed by atoms with van der Waals surface area (Å²) in [6.45, 7) is 1.88. The number of rotatable bonds is 4. The van der Waals surface area contributed by atoms with Gasteiger partial charge in [-0.1, -0.05) is 6.07 Å². The average molecular weight is 311 g/mol. The number of nitrogens with zero attached hydrogens (tertiary/aromatic N) is 3. The van der Waals surface area contributed by atoms with Gasteiger partial charge in [-0.05, 0) is 36.8 Å². The van der Waals surface area contributed by atoms with Crippen LogP contribution in [-0.4, -0.2) is 26.1 Å². The Bertz CT molecular complexity index is 815. The van der Waals surface area contributed by atoms with Crippen molar-refractivity contribution < 1.29 is 9.18 Å². The van der Waals surface area contributed by atoms with Crippen LogP contribution in [0, 0.1) is 12.7 Å². The molecule has 3 rings (SSSR count). The summed E-state index contributed by atoms with van der Waals surface area (Å²) in [6, 6.07) is 8.00. The number of anilines is 1. The fourth-order valence-electron chi connectivity index (χ4n) is 2.11. The lowest BCUT2D eigenvalue weighted by molar-refractivity contribution is -0.115. The monoisotopic (exact) mass is 311 g/mol. The Hall–Kier alpha value is -3.09. The zero-order valence-electron chi connectivity index (χ0n) is 12.4. The minimum Gasteiger partial charge on any atom is -0.326 e. The van der Waals surface area contributed by atoms with Crippen LogP contribution >= 0.6 is 0 Å². The highest BCUT2D eigenvalue weighted by atomic mass is 19.1. The highest BCUT2D eigenvalue weighted by Crippen LogP contribution is 2.22. The molecule has 2 N–H and O–H groups in total. The van der Waals surface area contributed by atoms with Crippen LogP contribution in [0.1, 0.15) is 11.3 Å². The van der Waals surface area contributed by atoms with Gasteiger partial charge in [-0.15, -0.1) is 0 Å². The molecule has 23 heavy (non-hydrogen) atoms. The molecular formula is C16H14FN5O. The molecule has 1 amide bonds. The van der Waals surface area contributed by atoms with E-state index in [1.807, 2.05) is 19.1 Å². The molecule has 0 aliphatic carbocycles. The summed E-state index contributed by atoms with van der Waals surface area (Å²) in [5, 5.41) is 9.03. The van der Waals surface area contributed by atoms with Crippen molar-refractivity contribution in [3.63, 3.8) is 0 Å². The quantitative estimate of drug-likeness (QED) is 0.775. The molecule has 0 radical (unpaired) electrons. The van der Waals surface area contributed by atoms with Crippen LogP contribution in [0.4, 0.5) is 10.1 Å². The lowest BCUT2D eigenvalue weighted by Gasteiger charge is -2.07. The molecule has 6 nitrogen and oxygen atoms in total. The van der Waals surface area contributed by atoms with Crippen LogP contribution in [-0.2, 0) is 11.2 Å². The molecule has 0 aliphatic rings. The van der Waals surface area contributed by atoms with Gasteiger partial charge in [0, 0.05) is 17.6 Å². The number of hydrogen-bond acceptors (Lipinski definition) is 4. The van der Waals surface area contributed by atoms with E-state index < -0.39 is 5.82 Å². The second-order valence-corrected chi connectivity index (χ2v) is 5.06.